The van der Waals surface area contributed by atoms with Crippen LogP contribution < -0.4 is 10.1 Å². The number of H-pyrrole nitrogens is 1. The Balaban J connectivity index is 1.51. The molecule has 0 aliphatic heterocycles. The number of benzene rings is 3. The van der Waals surface area contributed by atoms with Gasteiger partial charge >= 0.3 is 6.36 Å². The van der Waals surface area contributed by atoms with Gasteiger partial charge in [0.1, 0.15) is 11.6 Å². The molecule has 0 aliphatic rings. The molecule has 0 unspecified atom stereocenters. The van der Waals surface area contributed by atoms with Crippen molar-refractivity contribution >= 4 is 22.6 Å². The number of imidazole rings is 1. The van der Waals surface area contributed by atoms with Crippen molar-refractivity contribution in [3.63, 3.8) is 0 Å². The first-order chi connectivity index (χ1) is 13.9. The summed E-state index contributed by atoms with van der Waals surface area (Å²) in [6, 6.07) is 19.6. The molecular formula is C21H14F3N3O2. The lowest BCUT2D eigenvalue weighted by molar-refractivity contribution is -0.274. The van der Waals surface area contributed by atoms with Crippen molar-refractivity contribution in [1.29, 1.82) is 0 Å². The minimum absolute atomic E-state index is 0.203. The van der Waals surface area contributed by atoms with Gasteiger partial charge in [0.15, 0.2) is 0 Å². The predicted molar refractivity (Wildman–Crippen MR) is 103 cm³/mol. The summed E-state index contributed by atoms with van der Waals surface area (Å²) in [5.74, 6) is -0.128. The number of ether oxygens (including phenoxy) is 1. The topological polar surface area (TPSA) is 67.0 Å². The Kier molecular flexibility index (Phi) is 4.67. The monoisotopic (exact) mass is 397 g/mol. The average molecular weight is 397 g/mol. The minimum Gasteiger partial charge on any atom is -0.406 e. The maximum atomic E-state index is 12.4. The Morgan fingerprint density at radius 1 is 0.966 bits per heavy atom. The van der Waals surface area contributed by atoms with Crippen LogP contribution in [0.4, 0.5) is 18.9 Å². The third kappa shape index (κ3) is 4.37. The van der Waals surface area contributed by atoms with E-state index in [9.17, 15) is 18.0 Å². The molecule has 5 nitrogen and oxygen atoms in total. The first-order valence-electron chi connectivity index (χ1n) is 8.60. The number of aromatic nitrogens is 2. The SMILES string of the molecule is O=C(Nc1ccc2nc(-c3ccccc3)[nH]c2c1)c1ccc(OC(F)(F)F)cc1. The molecule has 8 heteroatoms. The number of nitrogens with zero attached hydrogens (tertiary/aromatic N) is 1. The number of rotatable bonds is 4. The summed E-state index contributed by atoms with van der Waals surface area (Å²) in [6.07, 6.45) is -4.78. The molecule has 1 amide bonds. The third-order valence-electron chi connectivity index (χ3n) is 4.14. The molecule has 0 atom stereocenters. The summed E-state index contributed by atoms with van der Waals surface area (Å²) in [5.41, 5.74) is 3.16. The van der Waals surface area contributed by atoms with Crippen molar-refractivity contribution in [2.45, 2.75) is 6.36 Å². The molecule has 0 aliphatic carbocycles. The van der Waals surface area contributed by atoms with Crippen LogP contribution in [0.1, 0.15) is 10.4 Å². The molecule has 29 heavy (non-hydrogen) atoms. The summed E-state index contributed by atoms with van der Waals surface area (Å²) < 4.78 is 40.4. The van der Waals surface area contributed by atoms with E-state index in [0.29, 0.717) is 11.5 Å². The molecule has 0 bridgehead atoms. The first kappa shape index (κ1) is 18.5. The highest BCUT2D eigenvalue weighted by atomic mass is 19.4. The Bertz CT molecular complexity index is 1150. The molecule has 1 aromatic heterocycles. The highest BCUT2D eigenvalue weighted by Gasteiger charge is 2.31. The van der Waals surface area contributed by atoms with Crippen LogP contribution in [-0.4, -0.2) is 22.2 Å². The van der Waals surface area contributed by atoms with Crippen LogP contribution in [0.3, 0.4) is 0 Å². The van der Waals surface area contributed by atoms with E-state index in [-0.39, 0.29) is 11.3 Å². The van der Waals surface area contributed by atoms with E-state index < -0.39 is 12.3 Å². The summed E-state index contributed by atoms with van der Waals surface area (Å²) in [6.45, 7) is 0. The van der Waals surface area contributed by atoms with Crippen molar-refractivity contribution in [2.75, 3.05) is 5.32 Å². The van der Waals surface area contributed by atoms with E-state index in [1.165, 1.54) is 12.1 Å². The van der Waals surface area contributed by atoms with Gasteiger partial charge in [0, 0.05) is 16.8 Å². The second kappa shape index (κ2) is 7.31. The molecular weight excluding hydrogens is 383 g/mol. The number of nitrogens with one attached hydrogen (secondary N) is 2. The molecule has 0 saturated carbocycles. The van der Waals surface area contributed by atoms with Gasteiger partial charge in [-0.25, -0.2) is 4.98 Å². The van der Waals surface area contributed by atoms with Gasteiger partial charge in [-0.1, -0.05) is 30.3 Å². The summed E-state index contributed by atoms with van der Waals surface area (Å²) in [7, 11) is 0. The minimum atomic E-state index is -4.78. The molecule has 0 fully saturated rings. The van der Waals surface area contributed by atoms with Crippen molar-refractivity contribution in [1.82, 2.24) is 9.97 Å². The maximum absolute atomic E-state index is 12.4. The molecule has 4 rings (SSSR count). The van der Waals surface area contributed by atoms with E-state index in [2.05, 4.69) is 20.0 Å². The molecule has 0 radical (unpaired) electrons. The molecule has 1 heterocycles. The van der Waals surface area contributed by atoms with Crippen LogP contribution in [0.25, 0.3) is 22.4 Å². The second-order valence-corrected chi connectivity index (χ2v) is 6.21. The van der Waals surface area contributed by atoms with Gasteiger partial charge in [-0.3, -0.25) is 4.79 Å². The van der Waals surface area contributed by atoms with Crippen molar-refractivity contribution < 1.29 is 22.7 Å². The van der Waals surface area contributed by atoms with Gasteiger partial charge < -0.3 is 15.0 Å². The first-order valence-corrected chi connectivity index (χ1v) is 8.60. The Morgan fingerprint density at radius 3 is 2.38 bits per heavy atom. The Hall–Kier alpha value is -3.81. The molecule has 2 N–H and O–H groups in total. The van der Waals surface area contributed by atoms with Gasteiger partial charge in [-0.2, -0.15) is 0 Å². The predicted octanol–water partition coefficient (Wildman–Crippen LogP) is 5.38. The van der Waals surface area contributed by atoms with Crippen LogP contribution in [0.5, 0.6) is 5.75 Å². The number of halogens is 3. The van der Waals surface area contributed by atoms with Gasteiger partial charge in [0.25, 0.3) is 5.91 Å². The van der Waals surface area contributed by atoms with Gasteiger partial charge in [0.05, 0.1) is 11.0 Å². The van der Waals surface area contributed by atoms with Crippen LogP contribution in [0.15, 0.2) is 72.8 Å². The number of alkyl halides is 3. The summed E-state index contributed by atoms with van der Waals surface area (Å²) in [4.78, 5) is 20.1. The fourth-order valence-electron chi connectivity index (χ4n) is 2.83. The van der Waals surface area contributed by atoms with E-state index in [1.54, 1.807) is 18.2 Å². The van der Waals surface area contributed by atoms with Gasteiger partial charge in [-0.05, 0) is 42.5 Å². The molecule has 146 valence electrons. The number of carbonyl (C=O) groups excluding carboxylic acids is 1. The number of amides is 1. The quantitative estimate of drug-likeness (QED) is 0.486. The fourth-order valence-corrected chi connectivity index (χ4v) is 2.83. The largest absolute Gasteiger partial charge is 0.573 e. The average Bonchev–Trinajstić information content (AvgIpc) is 3.11. The Morgan fingerprint density at radius 2 is 1.69 bits per heavy atom. The van der Waals surface area contributed by atoms with Gasteiger partial charge in [0.2, 0.25) is 0 Å². The van der Waals surface area contributed by atoms with E-state index in [0.717, 1.165) is 28.7 Å². The highest BCUT2D eigenvalue weighted by Crippen LogP contribution is 2.25. The lowest BCUT2D eigenvalue weighted by atomic mass is 10.2. The third-order valence-corrected chi connectivity index (χ3v) is 4.14. The zero-order valence-electron chi connectivity index (χ0n) is 14.8. The normalized spacial score (nSPS) is 11.4. The lowest BCUT2D eigenvalue weighted by Gasteiger charge is -2.09. The lowest BCUT2D eigenvalue weighted by Crippen LogP contribution is -2.17. The molecule has 3 aromatic carbocycles. The van der Waals surface area contributed by atoms with Crippen molar-refractivity contribution in [3.8, 4) is 17.1 Å². The Labute approximate surface area is 163 Å². The maximum Gasteiger partial charge on any atom is 0.573 e. The number of carbonyl (C=O) groups is 1. The number of anilines is 1. The number of hydrogen-bond donors (Lipinski definition) is 2. The highest BCUT2D eigenvalue weighted by molar-refractivity contribution is 6.05. The zero-order chi connectivity index (χ0) is 20.4. The number of aromatic amines is 1. The van der Waals surface area contributed by atoms with Crippen LogP contribution in [-0.2, 0) is 0 Å². The van der Waals surface area contributed by atoms with E-state index in [1.807, 2.05) is 30.3 Å². The van der Waals surface area contributed by atoms with Crippen LogP contribution in [0.2, 0.25) is 0 Å². The molecule has 0 saturated heterocycles. The molecule has 4 aromatic rings. The van der Waals surface area contributed by atoms with E-state index >= 15 is 0 Å². The number of hydrogen-bond acceptors (Lipinski definition) is 3. The van der Waals surface area contributed by atoms with Gasteiger partial charge in [-0.15, -0.1) is 13.2 Å². The fraction of sp³-hybridized carbons (Fsp3) is 0.0476. The van der Waals surface area contributed by atoms with Crippen molar-refractivity contribution in [3.05, 3.63) is 78.4 Å². The summed E-state index contributed by atoms with van der Waals surface area (Å²) >= 11 is 0. The zero-order valence-corrected chi connectivity index (χ0v) is 14.8. The van der Waals surface area contributed by atoms with E-state index in [4.69, 9.17) is 0 Å². The van der Waals surface area contributed by atoms with Crippen LogP contribution in [0, 0.1) is 0 Å². The molecule has 0 spiro atoms. The van der Waals surface area contributed by atoms with Crippen LogP contribution >= 0.6 is 0 Å². The summed E-state index contributed by atoms with van der Waals surface area (Å²) in [5, 5.41) is 2.72. The smallest absolute Gasteiger partial charge is 0.406 e. The standard InChI is InChI=1S/C21H14F3N3O2/c22-21(23,24)29-16-9-6-14(7-10-16)20(28)25-15-8-11-17-18(12-15)27-19(26-17)13-4-2-1-3-5-13/h1-12H,(H,25,28)(H,26,27). The number of fused-ring (bicyclic) bond motifs is 1. The second-order valence-electron chi connectivity index (χ2n) is 6.21. The van der Waals surface area contributed by atoms with Crippen molar-refractivity contribution in [2.24, 2.45) is 0 Å².